The van der Waals surface area contributed by atoms with E-state index in [9.17, 15) is 10.1 Å². The van der Waals surface area contributed by atoms with Crippen LogP contribution in [0, 0.1) is 11.3 Å². The summed E-state index contributed by atoms with van der Waals surface area (Å²) >= 11 is 3.52. The van der Waals surface area contributed by atoms with E-state index < -0.39 is 5.91 Å². The van der Waals surface area contributed by atoms with E-state index in [0.717, 1.165) is 16.3 Å². The molecule has 5 nitrogen and oxygen atoms in total. The van der Waals surface area contributed by atoms with Crippen LogP contribution in [-0.2, 0) is 11.4 Å². The number of nitrogens with one attached hydrogen (secondary N) is 1. The number of carbonyl (C=O) groups excluding carboxylic acids is 1. The third-order valence-electron chi connectivity index (χ3n) is 5.16. The fourth-order valence-corrected chi connectivity index (χ4v) is 4.05. The van der Waals surface area contributed by atoms with E-state index in [1.165, 1.54) is 6.08 Å². The number of anilines is 1. The number of hydrogen-bond donors (Lipinski definition) is 1. The molecule has 0 saturated heterocycles. The molecule has 168 valence electrons. The lowest BCUT2D eigenvalue weighted by atomic mass is 10.1. The standard InChI is InChI=1S/C28H21BrN2O3/c1-33-26-15-20(14-25(29)27(26)34-18-19-7-3-2-4-8-19)13-23(17-30)28(32)31-24-12-11-21-9-5-6-10-22(21)16-24/h2-16H,18H2,1H3,(H,31,32)/b23-13+. The molecular weight excluding hydrogens is 492 g/mol. The highest BCUT2D eigenvalue weighted by Gasteiger charge is 2.14. The highest BCUT2D eigenvalue weighted by Crippen LogP contribution is 2.37. The first-order chi connectivity index (χ1) is 16.6. The molecule has 0 radical (unpaired) electrons. The Labute approximate surface area is 206 Å². The smallest absolute Gasteiger partial charge is 0.266 e. The number of fused-ring (bicyclic) bond motifs is 1. The molecule has 6 heteroatoms. The van der Waals surface area contributed by atoms with Gasteiger partial charge in [0.25, 0.3) is 5.91 Å². The molecule has 4 aromatic carbocycles. The summed E-state index contributed by atoms with van der Waals surface area (Å²) in [6.07, 6.45) is 1.52. The number of nitriles is 1. The zero-order valence-corrected chi connectivity index (χ0v) is 20.0. The summed E-state index contributed by atoms with van der Waals surface area (Å²) in [4.78, 5) is 12.8. The van der Waals surface area contributed by atoms with Crippen molar-refractivity contribution in [2.75, 3.05) is 12.4 Å². The highest BCUT2D eigenvalue weighted by molar-refractivity contribution is 9.10. The van der Waals surface area contributed by atoms with Gasteiger partial charge in [-0.15, -0.1) is 0 Å². The lowest BCUT2D eigenvalue weighted by molar-refractivity contribution is -0.112. The molecule has 0 unspecified atom stereocenters. The minimum absolute atomic E-state index is 0.0277. The maximum Gasteiger partial charge on any atom is 0.266 e. The van der Waals surface area contributed by atoms with Crippen LogP contribution >= 0.6 is 15.9 Å². The number of nitrogens with zero attached hydrogens (tertiary/aromatic N) is 1. The Morgan fingerprint density at radius 3 is 2.47 bits per heavy atom. The fraction of sp³-hybridized carbons (Fsp3) is 0.0714. The second-order valence-corrected chi connectivity index (χ2v) is 8.35. The van der Waals surface area contributed by atoms with Crippen molar-refractivity contribution in [2.45, 2.75) is 6.61 Å². The Bertz CT molecular complexity index is 1410. The van der Waals surface area contributed by atoms with Gasteiger partial charge in [-0.3, -0.25) is 4.79 Å². The lowest BCUT2D eigenvalue weighted by Gasteiger charge is -2.14. The molecule has 0 aliphatic carbocycles. The van der Waals surface area contributed by atoms with E-state index in [1.54, 1.807) is 19.2 Å². The Kier molecular flexibility index (Phi) is 7.26. The van der Waals surface area contributed by atoms with Crippen LogP contribution in [0.25, 0.3) is 16.8 Å². The Morgan fingerprint density at radius 1 is 1.00 bits per heavy atom. The van der Waals surface area contributed by atoms with E-state index in [4.69, 9.17) is 9.47 Å². The molecular formula is C28H21BrN2O3. The maximum atomic E-state index is 12.8. The van der Waals surface area contributed by atoms with Crippen LogP contribution < -0.4 is 14.8 Å². The summed E-state index contributed by atoms with van der Waals surface area (Å²) in [5.74, 6) is 0.545. The molecule has 1 amide bonds. The second-order valence-electron chi connectivity index (χ2n) is 7.49. The first-order valence-electron chi connectivity index (χ1n) is 10.5. The van der Waals surface area contributed by atoms with Crippen LogP contribution in [0.3, 0.4) is 0 Å². The van der Waals surface area contributed by atoms with E-state index in [2.05, 4.69) is 21.2 Å². The number of amides is 1. The van der Waals surface area contributed by atoms with Gasteiger partial charge in [-0.25, -0.2) is 0 Å². The molecule has 0 bridgehead atoms. The largest absolute Gasteiger partial charge is 0.493 e. The van der Waals surface area contributed by atoms with Crippen molar-refractivity contribution in [1.29, 1.82) is 5.26 Å². The van der Waals surface area contributed by atoms with Crippen LogP contribution in [0.1, 0.15) is 11.1 Å². The van der Waals surface area contributed by atoms with Crippen molar-refractivity contribution in [1.82, 2.24) is 0 Å². The number of methoxy groups -OCH3 is 1. The van der Waals surface area contributed by atoms with Gasteiger partial charge in [-0.05, 0) is 68.2 Å². The molecule has 0 atom stereocenters. The van der Waals surface area contributed by atoms with Crippen molar-refractivity contribution < 1.29 is 14.3 Å². The molecule has 0 fully saturated rings. The van der Waals surface area contributed by atoms with Gasteiger partial charge in [-0.2, -0.15) is 5.26 Å². The third-order valence-corrected chi connectivity index (χ3v) is 5.75. The number of carbonyl (C=O) groups is 1. The van der Waals surface area contributed by atoms with Gasteiger partial charge < -0.3 is 14.8 Å². The Hall–Kier alpha value is -4.08. The van der Waals surface area contributed by atoms with Crippen molar-refractivity contribution in [2.24, 2.45) is 0 Å². The number of rotatable bonds is 7. The van der Waals surface area contributed by atoms with Gasteiger partial charge >= 0.3 is 0 Å². The highest BCUT2D eigenvalue weighted by atomic mass is 79.9. The molecule has 0 saturated carbocycles. The SMILES string of the molecule is COc1cc(/C=C(\C#N)C(=O)Nc2ccc3ccccc3c2)cc(Br)c1OCc1ccccc1. The van der Waals surface area contributed by atoms with E-state index in [-0.39, 0.29) is 5.57 Å². The van der Waals surface area contributed by atoms with Gasteiger partial charge in [0, 0.05) is 5.69 Å². The Morgan fingerprint density at radius 2 is 1.74 bits per heavy atom. The number of benzene rings is 4. The zero-order valence-electron chi connectivity index (χ0n) is 18.4. The molecule has 0 aromatic heterocycles. The van der Waals surface area contributed by atoms with Gasteiger partial charge in [0.05, 0.1) is 11.6 Å². The normalized spacial score (nSPS) is 11.0. The van der Waals surface area contributed by atoms with Crippen LogP contribution in [0.15, 0.2) is 95.0 Å². The average Bonchev–Trinajstić information content (AvgIpc) is 2.86. The summed E-state index contributed by atoms with van der Waals surface area (Å²) in [7, 11) is 1.54. The molecule has 0 heterocycles. The fourth-order valence-electron chi connectivity index (χ4n) is 3.47. The number of hydrogen-bond acceptors (Lipinski definition) is 4. The maximum absolute atomic E-state index is 12.8. The molecule has 0 spiro atoms. The van der Waals surface area contributed by atoms with Gasteiger partial charge in [-0.1, -0.05) is 60.7 Å². The summed E-state index contributed by atoms with van der Waals surface area (Å²) in [5, 5.41) is 14.5. The van der Waals surface area contributed by atoms with E-state index >= 15 is 0 Å². The molecule has 1 N–H and O–H groups in total. The first kappa shape index (κ1) is 23.1. The summed E-state index contributed by atoms with van der Waals surface area (Å²) in [5.41, 5.74) is 2.24. The zero-order chi connectivity index (χ0) is 23.9. The minimum atomic E-state index is -0.489. The summed E-state index contributed by atoms with van der Waals surface area (Å²) in [6, 6.07) is 28.8. The number of ether oxygens (including phenoxy) is 2. The van der Waals surface area contributed by atoms with Crippen molar-refractivity contribution in [3.8, 4) is 17.6 Å². The van der Waals surface area contributed by atoms with E-state index in [0.29, 0.717) is 33.8 Å². The third kappa shape index (κ3) is 5.45. The molecule has 0 aliphatic rings. The van der Waals surface area contributed by atoms with Crippen LogP contribution in [0.4, 0.5) is 5.69 Å². The minimum Gasteiger partial charge on any atom is -0.493 e. The Balaban J connectivity index is 1.54. The van der Waals surface area contributed by atoms with Crippen molar-refractivity contribution in [3.63, 3.8) is 0 Å². The lowest BCUT2D eigenvalue weighted by Crippen LogP contribution is -2.13. The van der Waals surface area contributed by atoms with Crippen molar-refractivity contribution in [3.05, 3.63) is 106 Å². The first-order valence-corrected chi connectivity index (χ1v) is 11.3. The monoisotopic (exact) mass is 512 g/mol. The molecule has 4 aromatic rings. The molecule has 0 aliphatic heterocycles. The van der Waals surface area contributed by atoms with Crippen molar-refractivity contribution >= 4 is 44.4 Å². The van der Waals surface area contributed by atoms with E-state index in [1.807, 2.05) is 78.9 Å². The predicted molar refractivity (Wildman–Crippen MR) is 138 cm³/mol. The van der Waals surface area contributed by atoms with Crippen LogP contribution in [0.5, 0.6) is 11.5 Å². The second kappa shape index (κ2) is 10.7. The summed E-state index contributed by atoms with van der Waals surface area (Å²) < 4.78 is 12.1. The van der Waals surface area contributed by atoms with Crippen LogP contribution in [0.2, 0.25) is 0 Å². The topological polar surface area (TPSA) is 71.3 Å². The number of halogens is 1. The summed E-state index contributed by atoms with van der Waals surface area (Å²) in [6.45, 7) is 0.378. The molecule has 34 heavy (non-hydrogen) atoms. The molecule has 4 rings (SSSR count). The van der Waals surface area contributed by atoms with Crippen LogP contribution in [-0.4, -0.2) is 13.0 Å². The average molecular weight is 513 g/mol. The quantitative estimate of drug-likeness (QED) is 0.220. The predicted octanol–water partition coefficient (Wildman–Crippen LogP) is 6.74. The van der Waals surface area contributed by atoms with Gasteiger partial charge in [0.2, 0.25) is 0 Å². The van der Waals surface area contributed by atoms with Gasteiger partial charge in [0.1, 0.15) is 18.2 Å². The van der Waals surface area contributed by atoms with Gasteiger partial charge in [0.15, 0.2) is 11.5 Å².